The van der Waals surface area contributed by atoms with Gasteiger partial charge in [0.25, 0.3) is 11.8 Å². The van der Waals surface area contributed by atoms with Gasteiger partial charge >= 0.3 is 0 Å². The maximum Gasteiger partial charge on any atom is 0.265 e. The lowest BCUT2D eigenvalue weighted by molar-refractivity contribution is -0.122. The van der Waals surface area contributed by atoms with Gasteiger partial charge in [-0.3, -0.25) is 9.59 Å². The van der Waals surface area contributed by atoms with Gasteiger partial charge in [-0.25, -0.2) is 0 Å². The molecule has 2 amide bonds. The van der Waals surface area contributed by atoms with E-state index in [-0.39, 0.29) is 11.8 Å². The molecule has 5 nitrogen and oxygen atoms in total. The van der Waals surface area contributed by atoms with Crippen molar-refractivity contribution < 1.29 is 14.3 Å². The normalized spacial score (nSPS) is 11.4. The van der Waals surface area contributed by atoms with E-state index >= 15 is 0 Å². The summed E-state index contributed by atoms with van der Waals surface area (Å²) >= 11 is 0. The van der Waals surface area contributed by atoms with E-state index in [2.05, 4.69) is 10.6 Å². The summed E-state index contributed by atoms with van der Waals surface area (Å²) in [6.07, 6.45) is -0.770. The van der Waals surface area contributed by atoms with Crippen molar-refractivity contribution in [3.05, 3.63) is 95.1 Å². The number of ether oxygens (including phenoxy) is 1. The zero-order valence-electron chi connectivity index (χ0n) is 17.4. The Bertz CT molecular complexity index is 1030. The first-order chi connectivity index (χ1) is 14.4. The summed E-state index contributed by atoms with van der Waals surface area (Å²) in [4.78, 5) is 25.3. The summed E-state index contributed by atoms with van der Waals surface area (Å²) in [5, 5.41) is 5.79. The summed E-state index contributed by atoms with van der Waals surface area (Å²) in [5.74, 6) is -0.161. The molecule has 0 heterocycles. The average molecular weight is 402 g/mol. The predicted molar refractivity (Wildman–Crippen MR) is 119 cm³/mol. The first kappa shape index (κ1) is 21.1. The Morgan fingerprint density at radius 3 is 2.40 bits per heavy atom. The molecule has 0 radical (unpaired) electrons. The molecule has 30 heavy (non-hydrogen) atoms. The van der Waals surface area contributed by atoms with Crippen LogP contribution in [0.3, 0.4) is 0 Å². The topological polar surface area (TPSA) is 67.4 Å². The number of hydrogen-bond acceptors (Lipinski definition) is 3. The average Bonchev–Trinajstić information content (AvgIpc) is 2.75. The maximum atomic E-state index is 12.7. The van der Waals surface area contributed by atoms with E-state index < -0.39 is 6.10 Å². The third-order valence-corrected chi connectivity index (χ3v) is 4.75. The number of carbonyl (C=O) groups excluding carboxylic acids is 2. The van der Waals surface area contributed by atoms with Crippen LogP contribution in [0.2, 0.25) is 0 Å². The van der Waals surface area contributed by atoms with Crippen LogP contribution in [-0.2, 0) is 11.3 Å². The minimum Gasteiger partial charge on any atom is -0.480 e. The third kappa shape index (κ3) is 5.47. The fourth-order valence-corrected chi connectivity index (χ4v) is 2.98. The summed E-state index contributed by atoms with van der Waals surface area (Å²) in [6.45, 7) is 5.99. The predicted octanol–water partition coefficient (Wildman–Crippen LogP) is 4.64. The van der Waals surface area contributed by atoms with Crippen LogP contribution in [0.4, 0.5) is 5.69 Å². The van der Waals surface area contributed by atoms with E-state index in [4.69, 9.17) is 4.74 Å². The van der Waals surface area contributed by atoms with Crippen LogP contribution >= 0.6 is 0 Å². The molecular weight excluding hydrogens is 376 g/mol. The lowest BCUT2D eigenvalue weighted by Gasteiger charge is -2.18. The molecule has 2 N–H and O–H groups in total. The number of aryl methyl sites for hydroxylation is 2. The molecule has 0 saturated heterocycles. The Kier molecular flexibility index (Phi) is 6.86. The standard InChI is InChI=1S/C25H26N2O3/c1-17-13-14-18(2)22(15-17)27-24(28)19(3)30-23-12-8-7-11-21(23)25(29)26-16-20-9-5-4-6-10-20/h4-15,19H,16H2,1-3H3,(H,26,29)(H,27,28)/t19-/m1/s1. The molecule has 0 spiro atoms. The molecule has 3 aromatic rings. The fourth-order valence-electron chi connectivity index (χ4n) is 2.98. The highest BCUT2D eigenvalue weighted by Gasteiger charge is 2.19. The number of rotatable bonds is 7. The van der Waals surface area contributed by atoms with Crippen molar-refractivity contribution in [2.75, 3.05) is 5.32 Å². The van der Waals surface area contributed by atoms with E-state index in [0.29, 0.717) is 17.9 Å². The Hall–Kier alpha value is -3.60. The molecule has 0 aliphatic rings. The van der Waals surface area contributed by atoms with Crippen molar-refractivity contribution in [2.24, 2.45) is 0 Å². The van der Waals surface area contributed by atoms with Gasteiger partial charge < -0.3 is 15.4 Å². The van der Waals surface area contributed by atoms with E-state index in [1.807, 2.05) is 62.4 Å². The van der Waals surface area contributed by atoms with Crippen LogP contribution < -0.4 is 15.4 Å². The van der Waals surface area contributed by atoms with Crippen LogP contribution in [0.25, 0.3) is 0 Å². The second-order valence-corrected chi connectivity index (χ2v) is 7.23. The fraction of sp³-hybridized carbons (Fsp3) is 0.200. The number of hydrogen-bond donors (Lipinski definition) is 2. The minimum absolute atomic E-state index is 0.253. The van der Waals surface area contributed by atoms with E-state index in [1.165, 1.54) is 0 Å². The van der Waals surface area contributed by atoms with Gasteiger partial charge in [0, 0.05) is 12.2 Å². The lowest BCUT2D eigenvalue weighted by atomic mass is 10.1. The molecule has 1 atom stereocenters. The maximum absolute atomic E-state index is 12.7. The van der Waals surface area contributed by atoms with Crippen molar-refractivity contribution in [3.8, 4) is 5.75 Å². The van der Waals surface area contributed by atoms with Gasteiger partial charge in [0.05, 0.1) is 5.56 Å². The van der Waals surface area contributed by atoms with Crippen LogP contribution in [0.5, 0.6) is 5.75 Å². The molecule has 154 valence electrons. The Labute approximate surface area is 177 Å². The first-order valence-corrected chi connectivity index (χ1v) is 9.90. The van der Waals surface area contributed by atoms with Crippen molar-refractivity contribution in [1.82, 2.24) is 5.32 Å². The SMILES string of the molecule is Cc1ccc(C)c(NC(=O)[C@@H](C)Oc2ccccc2C(=O)NCc2ccccc2)c1. The van der Waals surface area contributed by atoms with Gasteiger partial charge in [-0.05, 0) is 55.7 Å². The highest BCUT2D eigenvalue weighted by molar-refractivity contribution is 5.98. The van der Waals surface area contributed by atoms with E-state index in [9.17, 15) is 9.59 Å². The number of benzene rings is 3. The molecule has 0 aromatic heterocycles. The monoisotopic (exact) mass is 402 g/mol. The molecule has 0 saturated carbocycles. The van der Waals surface area contributed by atoms with E-state index in [0.717, 1.165) is 22.4 Å². The second-order valence-electron chi connectivity index (χ2n) is 7.23. The number of anilines is 1. The number of carbonyl (C=O) groups is 2. The molecule has 0 aliphatic heterocycles. The second kappa shape index (κ2) is 9.74. The van der Waals surface area contributed by atoms with Crippen LogP contribution in [-0.4, -0.2) is 17.9 Å². The van der Waals surface area contributed by atoms with Gasteiger partial charge in [-0.15, -0.1) is 0 Å². The van der Waals surface area contributed by atoms with Gasteiger partial charge in [-0.2, -0.15) is 0 Å². The highest BCUT2D eigenvalue weighted by atomic mass is 16.5. The van der Waals surface area contributed by atoms with Crippen molar-refractivity contribution in [2.45, 2.75) is 33.4 Å². The van der Waals surface area contributed by atoms with Crippen LogP contribution in [0, 0.1) is 13.8 Å². The largest absolute Gasteiger partial charge is 0.480 e. The Morgan fingerprint density at radius 2 is 1.63 bits per heavy atom. The lowest BCUT2D eigenvalue weighted by Crippen LogP contribution is -2.31. The summed E-state index contributed by atoms with van der Waals surface area (Å²) in [6, 6.07) is 22.5. The van der Waals surface area contributed by atoms with Gasteiger partial charge in [0.1, 0.15) is 5.75 Å². The summed E-state index contributed by atoms with van der Waals surface area (Å²) in [5.41, 5.74) is 4.18. The molecular formula is C25H26N2O3. The minimum atomic E-state index is -0.770. The first-order valence-electron chi connectivity index (χ1n) is 9.90. The third-order valence-electron chi connectivity index (χ3n) is 4.75. The zero-order valence-corrected chi connectivity index (χ0v) is 17.4. The highest BCUT2D eigenvalue weighted by Crippen LogP contribution is 2.21. The molecule has 3 aromatic carbocycles. The summed E-state index contributed by atoms with van der Waals surface area (Å²) in [7, 11) is 0. The Morgan fingerprint density at radius 1 is 0.933 bits per heavy atom. The smallest absolute Gasteiger partial charge is 0.265 e. The van der Waals surface area contributed by atoms with Gasteiger partial charge in [-0.1, -0.05) is 54.6 Å². The van der Waals surface area contributed by atoms with Crippen molar-refractivity contribution in [3.63, 3.8) is 0 Å². The summed E-state index contributed by atoms with van der Waals surface area (Å²) < 4.78 is 5.85. The Balaban J connectivity index is 1.66. The molecule has 0 bridgehead atoms. The number of nitrogens with one attached hydrogen (secondary N) is 2. The molecule has 3 rings (SSSR count). The molecule has 5 heteroatoms. The van der Waals surface area contributed by atoms with Gasteiger partial charge in [0.2, 0.25) is 0 Å². The quantitative estimate of drug-likeness (QED) is 0.605. The van der Waals surface area contributed by atoms with Crippen molar-refractivity contribution in [1.29, 1.82) is 0 Å². The zero-order chi connectivity index (χ0) is 21.5. The number of amides is 2. The molecule has 0 fully saturated rings. The van der Waals surface area contributed by atoms with Crippen molar-refractivity contribution >= 4 is 17.5 Å². The molecule has 0 aliphatic carbocycles. The van der Waals surface area contributed by atoms with Crippen LogP contribution in [0.15, 0.2) is 72.8 Å². The van der Waals surface area contributed by atoms with Gasteiger partial charge in [0.15, 0.2) is 6.10 Å². The van der Waals surface area contributed by atoms with E-state index in [1.54, 1.807) is 31.2 Å². The number of para-hydroxylation sites is 1. The molecule has 0 unspecified atom stereocenters. The van der Waals surface area contributed by atoms with Crippen LogP contribution in [0.1, 0.15) is 34.0 Å².